The van der Waals surface area contributed by atoms with E-state index in [1.54, 1.807) is 37.3 Å². The van der Waals surface area contributed by atoms with E-state index >= 15 is 0 Å². The van der Waals surface area contributed by atoms with Crippen LogP contribution in [0.4, 0.5) is 11.5 Å². The van der Waals surface area contributed by atoms with Crippen LogP contribution in [-0.4, -0.2) is 39.4 Å². The third kappa shape index (κ3) is 5.13. The topological polar surface area (TPSA) is 71.0 Å². The normalized spacial score (nSPS) is 10.5. The van der Waals surface area contributed by atoms with E-state index in [-0.39, 0.29) is 5.91 Å². The zero-order chi connectivity index (χ0) is 19.9. The molecule has 0 unspecified atom stereocenters. The molecule has 0 spiro atoms. The van der Waals surface area contributed by atoms with Crippen LogP contribution in [0.25, 0.3) is 0 Å². The Morgan fingerprint density at radius 3 is 2.43 bits per heavy atom. The summed E-state index contributed by atoms with van der Waals surface area (Å²) in [4.78, 5) is 27.2. The first-order chi connectivity index (χ1) is 13.5. The highest BCUT2D eigenvalue weighted by molar-refractivity contribution is 5.93. The van der Waals surface area contributed by atoms with Gasteiger partial charge < -0.3 is 10.2 Å². The Balaban J connectivity index is 1.69. The lowest BCUT2D eigenvalue weighted by Gasteiger charge is -2.17. The van der Waals surface area contributed by atoms with Crippen LogP contribution in [0.15, 0.2) is 54.9 Å². The van der Waals surface area contributed by atoms with E-state index in [0.29, 0.717) is 23.9 Å². The largest absolute Gasteiger partial charge is 0.340 e. The van der Waals surface area contributed by atoms with Gasteiger partial charge in [0.2, 0.25) is 0 Å². The second kappa shape index (κ2) is 9.08. The third-order valence-corrected chi connectivity index (χ3v) is 4.52. The number of benzene rings is 1. The zero-order valence-electron chi connectivity index (χ0n) is 16.5. The number of anilines is 2. The van der Waals surface area contributed by atoms with E-state index in [4.69, 9.17) is 0 Å². The number of hydrogen-bond acceptors (Lipinski definition) is 5. The summed E-state index contributed by atoms with van der Waals surface area (Å²) in [6, 6.07) is 13.8. The highest BCUT2D eigenvalue weighted by Gasteiger charge is 2.15. The van der Waals surface area contributed by atoms with Crippen LogP contribution in [0.1, 0.15) is 34.4 Å². The van der Waals surface area contributed by atoms with Crippen LogP contribution in [-0.2, 0) is 12.8 Å². The number of carbonyl (C=O) groups is 1. The number of rotatable bonds is 7. The average molecular weight is 375 g/mol. The highest BCUT2D eigenvalue weighted by atomic mass is 16.2. The molecule has 2 heterocycles. The molecule has 0 saturated carbocycles. The Hall–Kier alpha value is -3.28. The summed E-state index contributed by atoms with van der Waals surface area (Å²) >= 11 is 0. The van der Waals surface area contributed by atoms with Gasteiger partial charge in [-0.2, -0.15) is 0 Å². The molecule has 3 aromatic rings. The number of amides is 1. The predicted octanol–water partition coefficient (Wildman–Crippen LogP) is 3.80. The van der Waals surface area contributed by atoms with Crippen molar-refractivity contribution in [3.05, 3.63) is 77.5 Å². The van der Waals surface area contributed by atoms with E-state index in [1.165, 1.54) is 5.56 Å². The van der Waals surface area contributed by atoms with E-state index in [2.05, 4.69) is 39.3 Å². The molecule has 1 N–H and O–H groups in total. The molecule has 1 amide bonds. The van der Waals surface area contributed by atoms with Gasteiger partial charge in [0.25, 0.3) is 5.91 Å². The molecular formula is C22H25N5O. The van der Waals surface area contributed by atoms with Crippen LogP contribution in [0.3, 0.4) is 0 Å². The van der Waals surface area contributed by atoms with E-state index < -0.39 is 0 Å². The van der Waals surface area contributed by atoms with Crippen molar-refractivity contribution in [2.75, 3.05) is 18.9 Å². The van der Waals surface area contributed by atoms with Crippen molar-refractivity contribution in [2.45, 2.75) is 26.7 Å². The average Bonchev–Trinajstić information content (AvgIpc) is 2.72. The number of nitrogens with one attached hydrogen (secondary N) is 1. The van der Waals surface area contributed by atoms with Gasteiger partial charge in [0.15, 0.2) is 0 Å². The second-order valence-electron chi connectivity index (χ2n) is 6.69. The Kier molecular flexibility index (Phi) is 6.32. The fraction of sp³-hybridized carbons (Fsp3) is 0.273. The number of nitrogens with zero attached hydrogens (tertiary/aromatic N) is 4. The third-order valence-electron chi connectivity index (χ3n) is 4.52. The number of aromatic nitrogens is 3. The van der Waals surface area contributed by atoms with Crippen molar-refractivity contribution in [3.8, 4) is 0 Å². The van der Waals surface area contributed by atoms with Gasteiger partial charge in [0.1, 0.15) is 17.3 Å². The van der Waals surface area contributed by atoms with Gasteiger partial charge in [-0.3, -0.25) is 9.78 Å². The maximum atomic E-state index is 12.8. The Morgan fingerprint density at radius 1 is 1.04 bits per heavy atom. The molecule has 3 rings (SSSR count). The van der Waals surface area contributed by atoms with E-state index in [0.717, 1.165) is 24.1 Å². The fourth-order valence-electron chi connectivity index (χ4n) is 2.86. The summed E-state index contributed by atoms with van der Waals surface area (Å²) in [5.74, 6) is 1.05. The maximum Gasteiger partial charge on any atom is 0.272 e. The minimum absolute atomic E-state index is 0.121. The number of hydrogen-bond donors (Lipinski definition) is 1. The number of likely N-dealkylation sites (N-methyl/N-ethyl adjacent to an activating group) is 1. The molecule has 0 radical (unpaired) electrons. The molecular weight excluding hydrogens is 350 g/mol. The van der Waals surface area contributed by atoms with Crippen molar-refractivity contribution >= 4 is 17.4 Å². The molecule has 0 bridgehead atoms. The summed E-state index contributed by atoms with van der Waals surface area (Å²) in [6.45, 7) is 4.52. The Morgan fingerprint density at radius 2 is 1.75 bits per heavy atom. The molecule has 0 atom stereocenters. The lowest BCUT2D eigenvalue weighted by atomic mass is 10.1. The minimum atomic E-state index is -0.121. The molecule has 28 heavy (non-hydrogen) atoms. The summed E-state index contributed by atoms with van der Waals surface area (Å²) in [7, 11) is 1.79. The molecule has 6 nitrogen and oxygen atoms in total. The van der Waals surface area contributed by atoms with E-state index in [1.807, 2.05) is 24.3 Å². The first-order valence-electron chi connectivity index (χ1n) is 9.41. The maximum absolute atomic E-state index is 12.8. The fourth-order valence-corrected chi connectivity index (χ4v) is 2.86. The van der Waals surface area contributed by atoms with Crippen molar-refractivity contribution in [3.63, 3.8) is 0 Å². The van der Waals surface area contributed by atoms with Gasteiger partial charge in [0.05, 0.1) is 0 Å². The standard InChI is InChI=1S/C22H25N5O/c1-4-17-5-7-19(8-6-17)26-21-15-20(24-16(2)25-21)22(28)27(3)14-11-18-9-12-23-13-10-18/h5-10,12-13,15H,4,11,14H2,1-3H3,(H,24,25,26). The molecule has 0 aliphatic carbocycles. The first-order valence-corrected chi connectivity index (χ1v) is 9.41. The number of carbonyl (C=O) groups excluding carboxylic acids is 1. The first kappa shape index (κ1) is 19.5. The second-order valence-corrected chi connectivity index (χ2v) is 6.69. The van der Waals surface area contributed by atoms with Crippen LogP contribution in [0.5, 0.6) is 0 Å². The molecule has 144 valence electrons. The smallest absolute Gasteiger partial charge is 0.272 e. The van der Waals surface area contributed by atoms with Crippen molar-refractivity contribution < 1.29 is 4.79 Å². The predicted molar refractivity (Wildman–Crippen MR) is 111 cm³/mol. The van der Waals surface area contributed by atoms with Crippen molar-refractivity contribution in [2.24, 2.45) is 0 Å². The van der Waals surface area contributed by atoms with Gasteiger partial charge in [0, 0.05) is 37.7 Å². The summed E-state index contributed by atoms with van der Waals surface area (Å²) in [5, 5.41) is 3.26. The van der Waals surface area contributed by atoms with Crippen LogP contribution in [0, 0.1) is 6.92 Å². The molecule has 0 aliphatic heterocycles. The van der Waals surface area contributed by atoms with Crippen molar-refractivity contribution in [1.82, 2.24) is 19.9 Å². The Bertz CT molecular complexity index is 925. The lowest BCUT2D eigenvalue weighted by molar-refractivity contribution is 0.0790. The highest BCUT2D eigenvalue weighted by Crippen LogP contribution is 2.17. The lowest BCUT2D eigenvalue weighted by Crippen LogP contribution is -2.30. The van der Waals surface area contributed by atoms with E-state index in [9.17, 15) is 4.79 Å². The monoisotopic (exact) mass is 375 g/mol. The van der Waals surface area contributed by atoms with Crippen LogP contribution in [0.2, 0.25) is 0 Å². The molecule has 0 fully saturated rings. The van der Waals surface area contributed by atoms with Gasteiger partial charge in [-0.15, -0.1) is 0 Å². The van der Waals surface area contributed by atoms with Gasteiger partial charge in [-0.25, -0.2) is 9.97 Å². The summed E-state index contributed by atoms with van der Waals surface area (Å²) in [6.07, 6.45) is 5.28. The van der Waals surface area contributed by atoms with Gasteiger partial charge in [-0.05, 0) is 55.2 Å². The van der Waals surface area contributed by atoms with Crippen molar-refractivity contribution in [1.29, 1.82) is 0 Å². The quantitative estimate of drug-likeness (QED) is 0.680. The zero-order valence-corrected chi connectivity index (χ0v) is 16.5. The molecule has 0 saturated heterocycles. The van der Waals surface area contributed by atoms with Gasteiger partial charge >= 0.3 is 0 Å². The number of aryl methyl sites for hydroxylation is 2. The molecule has 1 aromatic carbocycles. The minimum Gasteiger partial charge on any atom is -0.340 e. The van der Waals surface area contributed by atoms with Crippen LogP contribution >= 0.6 is 0 Å². The molecule has 6 heteroatoms. The van der Waals surface area contributed by atoms with Gasteiger partial charge in [-0.1, -0.05) is 19.1 Å². The number of pyridine rings is 1. The Labute approximate surface area is 165 Å². The molecule has 2 aromatic heterocycles. The SMILES string of the molecule is CCc1ccc(Nc2cc(C(=O)N(C)CCc3ccncc3)nc(C)n2)cc1. The van der Waals surface area contributed by atoms with Crippen LogP contribution < -0.4 is 5.32 Å². The molecule has 0 aliphatic rings. The summed E-state index contributed by atoms with van der Waals surface area (Å²) in [5.41, 5.74) is 3.74. The summed E-state index contributed by atoms with van der Waals surface area (Å²) < 4.78 is 0.